The number of hydrogen-bond acceptors (Lipinski definition) is 3. The number of aryl methyl sites for hydroxylation is 2. The minimum absolute atomic E-state index is 0.0560. The first kappa shape index (κ1) is 21.4. The lowest BCUT2D eigenvalue weighted by atomic mass is 9.95. The highest BCUT2D eigenvalue weighted by atomic mass is 16.2. The van der Waals surface area contributed by atoms with Crippen LogP contribution in [0, 0.1) is 25.7 Å². The van der Waals surface area contributed by atoms with Crippen LogP contribution in [0.2, 0.25) is 0 Å². The van der Waals surface area contributed by atoms with Crippen LogP contribution in [0.4, 0.5) is 5.69 Å². The highest BCUT2D eigenvalue weighted by Crippen LogP contribution is 2.21. The Morgan fingerprint density at radius 1 is 1.15 bits per heavy atom. The first-order chi connectivity index (χ1) is 12.7. The Labute approximate surface area is 163 Å². The van der Waals surface area contributed by atoms with Crippen LogP contribution in [-0.4, -0.2) is 41.9 Å². The summed E-state index contributed by atoms with van der Waals surface area (Å²) in [4.78, 5) is 27.5. The Balaban J connectivity index is 2.12. The number of carbonyl (C=O) groups excluding carboxylic acids is 2. The Kier molecular flexibility index (Phi) is 7.42. The number of hydrogen-bond donors (Lipinski definition) is 2. The zero-order chi connectivity index (χ0) is 20.1. The minimum atomic E-state index is -0.239. The van der Waals surface area contributed by atoms with Gasteiger partial charge in [0, 0.05) is 18.3 Å². The maximum absolute atomic E-state index is 12.8. The number of para-hydroxylation sites is 1. The second-order valence-corrected chi connectivity index (χ2v) is 8.72. The van der Waals surface area contributed by atoms with E-state index in [1.807, 2.05) is 32.0 Å². The molecule has 1 aromatic rings. The maximum Gasteiger partial charge on any atom is 0.238 e. The smallest absolute Gasteiger partial charge is 0.238 e. The number of amides is 2. The van der Waals surface area contributed by atoms with Crippen LogP contribution in [0.15, 0.2) is 18.2 Å². The third kappa shape index (κ3) is 6.06. The molecule has 0 radical (unpaired) electrons. The molecule has 2 rings (SSSR count). The van der Waals surface area contributed by atoms with Crippen LogP contribution in [0.25, 0.3) is 0 Å². The number of carbonyl (C=O) groups is 2. The quantitative estimate of drug-likeness (QED) is 0.769. The van der Waals surface area contributed by atoms with Crippen molar-refractivity contribution in [1.82, 2.24) is 10.2 Å². The molecule has 5 heteroatoms. The summed E-state index contributed by atoms with van der Waals surface area (Å²) >= 11 is 0. The van der Waals surface area contributed by atoms with Gasteiger partial charge in [0.15, 0.2) is 0 Å². The third-order valence-electron chi connectivity index (χ3n) is 5.09. The van der Waals surface area contributed by atoms with Gasteiger partial charge in [-0.05, 0) is 49.7 Å². The van der Waals surface area contributed by atoms with E-state index in [1.165, 1.54) is 0 Å². The second kappa shape index (κ2) is 9.36. The van der Waals surface area contributed by atoms with E-state index in [0.29, 0.717) is 11.8 Å². The molecule has 2 atom stereocenters. The summed E-state index contributed by atoms with van der Waals surface area (Å²) in [7, 11) is 0. The van der Waals surface area contributed by atoms with Crippen LogP contribution < -0.4 is 10.6 Å². The van der Waals surface area contributed by atoms with E-state index in [1.54, 1.807) is 0 Å². The van der Waals surface area contributed by atoms with Gasteiger partial charge in [0.05, 0.1) is 12.6 Å². The lowest BCUT2D eigenvalue weighted by Gasteiger charge is -2.40. The van der Waals surface area contributed by atoms with Crippen molar-refractivity contribution in [3.63, 3.8) is 0 Å². The number of rotatable bonds is 7. The molecule has 1 heterocycles. The van der Waals surface area contributed by atoms with Gasteiger partial charge < -0.3 is 10.6 Å². The van der Waals surface area contributed by atoms with E-state index in [-0.39, 0.29) is 30.4 Å². The summed E-state index contributed by atoms with van der Waals surface area (Å²) in [5.74, 6) is 0.897. The van der Waals surface area contributed by atoms with Crippen molar-refractivity contribution in [2.24, 2.45) is 11.8 Å². The molecule has 1 saturated heterocycles. The van der Waals surface area contributed by atoms with E-state index in [2.05, 4.69) is 43.2 Å². The molecule has 1 aliphatic rings. The first-order valence-electron chi connectivity index (χ1n) is 10.1. The average molecular weight is 374 g/mol. The van der Waals surface area contributed by atoms with Crippen molar-refractivity contribution < 1.29 is 9.59 Å². The molecule has 0 aromatic heterocycles. The summed E-state index contributed by atoms with van der Waals surface area (Å²) < 4.78 is 0. The molecule has 1 aliphatic heterocycles. The molecule has 5 nitrogen and oxygen atoms in total. The van der Waals surface area contributed by atoms with Crippen LogP contribution in [0.1, 0.15) is 51.7 Å². The molecule has 1 aromatic carbocycles. The van der Waals surface area contributed by atoms with E-state index in [4.69, 9.17) is 0 Å². The Bertz CT molecular complexity index is 649. The van der Waals surface area contributed by atoms with Crippen molar-refractivity contribution in [1.29, 1.82) is 0 Å². The Morgan fingerprint density at radius 2 is 1.74 bits per heavy atom. The van der Waals surface area contributed by atoms with Gasteiger partial charge in [-0.25, -0.2) is 0 Å². The third-order valence-corrected chi connectivity index (χ3v) is 5.09. The topological polar surface area (TPSA) is 61.4 Å². The highest BCUT2D eigenvalue weighted by Gasteiger charge is 2.35. The molecule has 2 N–H and O–H groups in total. The van der Waals surface area contributed by atoms with Gasteiger partial charge in [0.25, 0.3) is 0 Å². The summed E-state index contributed by atoms with van der Waals surface area (Å²) in [5.41, 5.74) is 2.98. The van der Waals surface area contributed by atoms with Gasteiger partial charge in [-0.1, -0.05) is 45.9 Å². The molecule has 150 valence electrons. The van der Waals surface area contributed by atoms with E-state index >= 15 is 0 Å². The van der Waals surface area contributed by atoms with Gasteiger partial charge in [0.1, 0.15) is 0 Å². The first-order valence-corrected chi connectivity index (χ1v) is 10.1. The second-order valence-electron chi connectivity index (χ2n) is 8.72. The van der Waals surface area contributed by atoms with Gasteiger partial charge in [-0.15, -0.1) is 0 Å². The standard InChI is InChI=1S/C22H35N3O2/c1-14(2)10-18-12-25(19(11-15(3)4)22(27)23-18)13-20(26)24-21-16(5)8-7-9-17(21)6/h7-9,14-15,18-19H,10-13H2,1-6H3,(H,23,27)(H,24,26). The van der Waals surface area contributed by atoms with Gasteiger partial charge >= 0.3 is 0 Å². The SMILES string of the molecule is Cc1cccc(C)c1NC(=O)CN1CC(CC(C)C)NC(=O)C1CC(C)C. The van der Waals surface area contributed by atoms with Crippen LogP contribution in [0.3, 0.4) is 0 Å². The lowest BCUT2D eigenvalue weighted by molar-refractivity contribution is -0.133. The predicted octanol–water partition coefficient (Wildman–Crippen LogP) is 3.50. The van der Waals surface area contributed by atoms with Crippen LogP contribution >= 0.6 is 0 Å². The molecule has 0 spiro atoms. The summed E-state index contributed by atoms with van der Waals surface area (Å²) in [6.45, 7) is 13.5. The zero-order valence-electron chi connectivity index (χ0n) is 17.6. The number of piperazine rings is 1. The molecular weight excluding hydrogens is 338 g/mol. The molecule has 2 unspecified atom stereocenters. The van der Waals surface area contributed by atoms with Gasteiger partial charge in [-0.3, -0.25) is 14.5 Å². The lowest BCUT2D eigenvalue weighted by Crippen LogP contribution is -2.61. The molecule has 0 bridgehead atoms. The summed E-state index contributed by atoms with van der Waals surface area (Å²) in [6, 6.07) is 5.85. The Morgan fingerprint density at radius 3 is 2.30 bits per heavy atom. The van der Waals surface area contributed by atoms with Crippen LogP contribution in [-0.2, 0) is 9.59 Å². The van der Waals surface area contributed by atoms with Crippen molar-refractivity contribution in [2.75, 3.05) is 18.4 Å². The number of anilines is 1. The fourth-order valence-corrected chi connectivity index (χ4v) is 3.87. The number of nitrogens with one attached hydrogen (secondary N) is 2. The molecule has 1 fully saturated rings. The van der Waals surface area contributed by atoms with E-state index < -0.39 is 0 Å². The normalized spacial score (nSPS) is 20.8. The fraction of sp³-hybridized carbons (Fsp3) is 0.636. The molecule has 0 aliphatic carbocycles. The van der Waals surface area contributed by atoms with Crippen LogP contribution in [0.5, 0.6) is 0 Å². The van der Waals surface area contributed by atoms with Crippen molar-refractivity contribution in [3.8, 4) is 0 Å². The number of benzene rings is 1. The van der Waals surface area contributed by atoms with Crippen molar-refractivity contribution in [2.45, 2.75) is 66.5 Å². The molecular formula is C22H35N3O2. The highest BCUT2D eigenvalue weighted by molar-refractivity contribution is 5.94. The summed E-state index contributed by atoms with van der Waals surface area (Å²) in [6.07, 6.45) is 1.69. The number of nitrogens with zero attached hydrogens (tertiary/aromatic N) is 1. The van der Waals surface area contributed by atoms with Crippen molar-refractivity contribution >= 4 is 17.5 Å². The largest absolute Gasteiger partial charge is 0.351 e. The maximum atomic E-state index is 12.8. The van der Waals surface area contributed by atoms with E-state index in [0.717, 1.165) is 36.2 Å². The monoisotopic (exact) mass is 373 g/mol. The average Bonchev–Trinajstić information content (AvgIpc) is 2.53. The van der Waals surface area contributed by atoms with E-state index in [9.17, 15) is 9.59 Å². The van der Waals surface area contributed by atoms with Gasteiger partial charge in [-0.2, -0.15) is 0 Å². The molecule has 2 amide bonds. The van der Waals surface area contributed by atoms with Crippen molar-refractivity contribution in [3.05, 3.63) is 29.3 Å². The summed E-state index contributed by atoms with van der Waals surface area (Å²) in [5, 5.41) is 6.22. The van der Waals surface area contributed by atoms with Gasteiger partial charge in [0.2, 0.25) is 11.8 Å². The molecule has 0 saturated carbocycles. The fourth-order valence-electron chi connectivity index (χ4n) is 3.87. The molecule has 27 heavy (non-hydrogen) atoms. The zero-order valence-corrected chi connectivity index (χ0v) is 17.6. The predicted molar refractivity (Wildman–Crippen MR) is 111 cm³/mol. The Hall–Kier alpha value is -1.88. The minimum Gasteiger partial charge on any atom is -0.351 e.